The van der Waals surface area contributed by atoms with Crippen molar-refractivity contribution in [3.8, 4) is 5.88 Å². The molecular formula is C7H9N3O2. The van der Waals surface area contributed by atoms with Crippen LogP contribution in [0.25, 0.3) is 0 Å². The molecule has 0 saturated heterocycles. The molecule has 0 atom stereocenters. The number of methoxy groups -OCH3 is 1. The van der Waals surface area contributed by atoms with Gasteiger partial charge < -0.3 is 10.5 Å². The van der Waals surface area contributed by atoms with E-state index in [-0.39, 0.29) is 23.9 Å². The van der Waals surface area contributed by atoms with Crippen molar-refractivity contribution in [3.05, 3.63) is 18.1 Å². The molecule has 5 heteroatoms. The van der Waals surface area contributed by atoms with Crippen LogP contribution in [0, 0.1) is 0 Å². The maximum Gasteiger partial charge on any atom is 0.243 e. The molecule has 0 aliphatic rings. The first kappa shape index (κ1) is 8.61. The van der Waals surface area contributed by atoms with E-state index >= 15 is 0 Å². The van der Waals surface area contributed by atoms with Gasteiger partial charge >= 0.3 is 0 Å². The summed E-state index contributed by atoms with van der Waals surface area (Å²) in [5.74, 6) is -0.0621. The molecule has 2 N–H and O–H groups in total. The van der Waals surface area contributed by atoms with Gasteiger partial charge in [-0.3, -0.25) is 4.79 Å². The zero-order valence-corrected chi connectivity index (χ0v) is 6.65. The first-order valence-corrected chi connectivity index (χ1v) is 3.38. The molecule has 0 amide bonds. The minimum Gasteiger partial charge on any atom is -0.479 e. The van der Waals surface area contributed by atoms with Crippen LogP contribution in [0.2, 0.25) is 0 Å². The van der Waals surface area contributed by atoms with E-state index < -0.39 is 0 Å². The van der Waals surface area contributed by atoms with Crippen molar-refractivity contribution >= 4 is 5.78 Å². The highest BCUT2D eigenvalue weighted by Gasteiger charge is 2.11. The van der Waals surface area contributed by atoms with Crippen molar-refractivity contribution in [2.45, 2.75) is 0 Å². The minimum atomic E-state index is -0.278. The van der Waals surface area contributed by atoms with Crippen molar-refractivity contribution in [3.63, 3.8) is 0 Å². The average Bonchev–Trinajstić information content (AvgIpc) is 2.16. The van der Waals surface area contributed by atoms with Crippen LogP contribution in [-0.2, 0) is 0 Å². The lowest BCUT2D eigenvalue weighted by Crippen LogP contribution is -2.16. The molecule has 0 radical (unpaired) electrons. The Morgan fingerprint density at radius 2 is 2.25 bits per heavy atom. The Labute approximate surface area is 69.6 Å². The molecule has 0 bridgehead atoms. The van der Waals surface area contributed by atoms with Crippen molar-refractivity contribution in [2.24, 2.45) is 5.73 Å². The highest BCUT2D eigenvalue weighted by molar-refractivity contribution is 5.97. The van der Waals surface area contributed by atoms with Crippen LogP contribution in [0.1, 0.15) is 10.5 Å². The van der Waals surface area contributed by atoms with Gasteiger partial charge in [-0.2, -0.15) is 0 Å². The lowest BCUT2D eigenvalue weighted by atomic mass is 10.3. The molecule has 64 valence electrons. The predicted molar refractivity (Wildman–Crippen MR) is 42.0 cm³/mol. The highest BCUT2D eigenvalue weighted by Crippen LogP contribution is 2.09. The topological polar surface area (TPSA) is 78.1 Å². The van der Waals surface area contributed by atoms with Gasteiger partial charge in [0.25, 0.3) is 0 Å². The molecule has 1 heterocycles. The summed E-state index contributed by atoms with van der Waals surface area (Å²) in [6.07, 6.45) is 2.87. The fraction of sp³-hybridized carbons (Fsp3) is 0.286. The normalized spacial score (nSPS) is 9.50. The maximum atomic E-state index is 11.1. The summed E-state index contributed by atoms with van der Waals surface area (Å²) in [6.45, 7) is -0.0882. The summed E-state index contributed by atoms with van der Waals surface area (Å²) in [5, 5.41) is 0. The van der Waals surface area contributed by atoms with Crippen LogP contribution in [0.4, 0.5) is 0 Å². The number of carbonyl (C=O) groups excluding carboxylic acids is 1. The van der Waals surface area contributed by atoms with Crippen LogP contribution in [-0.4, -0.2) is 29.4 Å². The van der Waals surface area contributed by atoms with E-state index in [1.165, 1.54) is 19.5 Å². The van der Waals surface area contributed by atoms with E-state index in [0.29, 0.717) is 0 Å². The second-order valence-corrected chi connectivity index (χ2v) is 2.04. The van der Waals surface area contributed by atoms with Gasteiger partial charge in [-0.1, -0.05) is 0 Å². The third-order valence-electron chi connectivity index (χ3n) is 1.31. The molecule has 5 nitrogen and oxygen atoms in total. The monoisotopic (exact) mass is 167 g/mol. The Hall–Kier alpha value is -1.49. The Morgan fingerprint density at radius 3 is 2.83 bits per heavy atom. The number of ketones is 1. The summed E-state index contributed by atoms with van der Waals surface area (Å²) in [6, 6.07) is 0. The number of rotatable bonds is 3. The zero-order chi connectivity index (χ0) is 8.97. The maximum absolute atomic E-state index is 11.1. The number of nitrogens with two attached hydrogens (primary N) is 1. The molecule has 0 aliphatic carbocycles. The fourth-order valence-corrected chi connectivity index (χ4v) is 0.763. The van der Waals surface area contributed by atoms with Crippen molar-refractivity contribution in [1.82, 2.24) is 9.97 Å². The van der Waals surface area contributed by atoms with Gasteiger partial charge in [0, 0.05) is 12.4 Å². The summed E-state index contributed by atoms with van der Waals surface area (Å²) >= 11 is 0. The highest BCUT2D eigenvalue weighted by atomic mass is 16.5. The number of carbonyl (C=O) groups is 1. The smallest absolute Gasteiger partial charge is 0.243 e. The minimum absolute atomic E-state index is 0.0882. The molecular weight excluding hydrogens is 158 g/mol. The average molecular weight is 167 g/mol. The second kappa shape index (κ2) is 3.77. The molecule has 0 aliphatic heterocycles. The van der Waals surface area contributed by atoms with E-state index in [9.17, 15) is 4.79 Å². The zero-order valence-electron chi connectivity index (χ0n) is 6.65. The lowest BCUT2D eigenvalue weighted by molar-refractivity contribution is 0.0992. The van der Waals surface area contributed by atoms with Gasteiger partial charge in [-0.05, 0) is 0 Å². The third-order valence-corrected chi connectivity index (χ3v) is 1.31. The molecule has 0 fully saturated rings. The largest absolute Gasteiger partial charge is 0.479 e. The van der Waals surface area contributed by atoms with Gasteiger partial charge in [0.2, 0.25) is 5.88 Å². The third kappa shape index (κ3) is 1.57. The van der Waals surface area contributed by atoms with E-state index in [4.69, 9.17) is 10.5 Å². The lowest BCUT2D eigenvalue weighted by Gasteiger charge is -2.01. The standard InChI is InChI=1S/C7H9N3O2/c1-12-7-6(5(11)4-8)9-2-3-10-7/h2-3H,4,8H2,1H3. The summed E-state index contributed by atoms with van der Waals surface area (Å²) < 4.78 is 4.82. The molecule has 1 aromatic rings. The Morgan fingerprint density at radius 1 is 1.58 bits per heavy atom. The Bertz CT molecular complexity index is 288. The molecule has 0 aromatic carbocycles. The summed E-state index contributed by atoms with van der Waals surface area (Å²) in [7, 11) is 1.43. The molecule has 0 saturated carbocycles. The van der Waals surface area contributed by atoms with Gasteiger partial charge in [0.15, 0.2) is 11.5 Å². The quantitative estimate of drug-likeness (QED) is 0.621. The number of hydrogen-bond donors (Lipinski definition) is 1. The summed E-state index contributed by atoms with van der Waals surface area (Å²) in [4.78, 5) is 18.7. The Kier molecular flexibility index (Phi) is 2.71. The number of Topliss-reactive ketones (excluding diaryl/α,β-unsaturated/α-hetero) is 1. The van der Waals surface area contributed by atoms with Crippen LogP contribution >= 0.6 is 0 Å². The van der Waals surface area contributed by atoms with E-state index in [2.05, 4.69) is 9.97 Å². The molecule has 0 spiro atoms. The predicted octanol–water partition coefficient (Wildman–Crippen LogP) is -0.373. The van der Waals surface area contributed by atoms with Crippen molar-refractivity contribution in [1.29, 1.82) is 0 Å². The number of nitrogens with zero attached hydrogens (tertiary/aromatic N) is 2. The van der Waals surface area contributed by atoms with E-state index in [0.717, 1.165) is 0 Å². The first-order chi connectivity index (χ1) is 5.79. The fourth-order valence-electron chi connectivity index (χ4n) is 0.763. The second-order valence-electron chi connectivity index (χ2n) is 2.04. The van der Waals surface area contributed by atoms with E-state index in [1.807, 2.05) is 0 Å². The number of ether oxygens (including phenoxy) is 1. The van der Waals surface area contributed by atoms with Gasteiger partial charge in [-0.15, -0.1) is 0 Å². The molecule has 1 rings (SSSR count). The van der Waals surface area contributed by atoms with Crippen LogP contribution in [0.15, 0.2) is 12.4 Å². The van der Waals surface area contributed by atoms with Gasteiger partial charge in [-0.25, -0.2) is 9.97 Å². The summed E-state index contributed by atoms with van der Waals surface area (Å²) in [5.41, 5.74) is 5.34. The van der Waals surface area contributed by atoms with Crippen molar-refractivity contribution in [2.75, 3.05) is 13.7 Å². The van der Waals surface area contributed by atoms with E-state index in [1.54, 1.807) is 0 Å². The van der Waals surface area contributed by atoms with Crippen LogP contribution < -0.4 is 10.5 Å². The number of aromatic nitrogens is 2. The number of hydrogen-bond acceptors (Lipinski definition) is 5. The van der Waals surface area contributed by atoms with Gasteiger partial charge in [0.05, 0.1) is 13.7 Å². The van der Waals surface area contributed by atoms with Crippen LogP contribution in [0.3, 0.4) is 0 Å². The molecule has 1 aromatic heterocycles. The molecule has 12 heavy (non-hydrogen) atoms. The Balaban J connectivity index is 3.04. The SMILES string of the molecule is COc1nccnc1C(=O)CN. The van der Waals surface area contributed by atoms with Crippen LogP contribution in [0.5, 0.6) is 5.88 Å². The first-order valence-electron chi connectivity index (χ1n) is 3.38. The molecule has 0 unspecified atom stereocenters. The van der Waals surface area contributed by atoms with Crippen molar-refractivity contribution < 1.29 is 9.53 Å². The van der Waals surface area contributed by atoms with Gasteiger partial charge in [0.1, 0.15) is 0 Å².